The second kappa shape index (κ2) is 12.0. The molecule has 0 saturated heterocycles. The Kier molecular flexibility index (Phi) is 8.34. The van der Waals surface area contributed by atoms with Crippen molar-refractivity contribution in [2.75, 3.05) is 38.3 Å². The summed E-state index contributed by atoms with van der Waals surface area (Å²) in [4.78, 5) is 17.2. The summed E-state index contributed by atoms with van der Waals surface area (Å²) in [5, 5.41) is 17.5. The first kappa shape index (κ1) is 25.0. The van der Waals surface area contributed by atoms with Gasteiger partial charge < -0.3 is 14.8 Å². The fourth-order valence-electron chi connectivity index (χ4n) is 3.72. The van der Waals surface area contributed by atoms with Gasteiger partial charge in [0.2, 0.25) is 5.95 Å². The lowest BCUT2D eigenvalue weighted by Gasteiger charge is -2.13. The Labute approximate surface area is 207 Å². The van der Waals surface area contributed by atoms with Crippen molar-refractivity contribution >= 4 is 16.6 Å². The maximum Gasteiger partial charge on any atom is 0.274 e. The molecule has 4 rings (SSSR count). The number of benzene rings is 2. The fourth-order valence-corrected chi connectivity index (χ4v) is 3.72. The second-order valence-electron chi connectivity index (χ2n) is 7.94. The molecule has 0 aliphatic carbocycles. The van der Waals surface area contributed by atoms with Gasteiger partial charge in [-0.15, -0.1) is 0 Å². The molecule has 0 amide bonds. The van der Waals surface area contributed by atoms with E-state index in [1.807, 2.05) is 6.92 Å². The average Bonchev–Trinajstić information content (AvgIpc) is 2.90. The van der Waals surface area contributed by atoms with Crippen molar-refractivity contribution < 1.29 is 13.9 Å². The number of nitrogens with zero attached hydrogens (tertiary/aromatic N) is 4. The largest absolute Gasteiger partial charge is 0.379 e. The van der Waals surface area contributed by atoms with Gasteiger partial charge in [0.25, 0.3) is 5.56 Å². The zero-order valence-electron chi connectivity index (χ0n) is 19.9. The number of aromatic nitrogens is 3. The molecule has 184 valence electrons. The third-order valence-corrected chi connectivity index (χ3v) is 5.52. The van der Waals surface area contributed by atoms with Crippen LogP contribution in [0.4, 0.5) is 10.2 Å². The highest BCUT2D eigenvalue weighted by molar-refractivity contribution is 5.93. The Hall–Kier alpha value is -4.13. The molecule has 1 N–H and O–H groups in total. The van der Waals surface area contributed by atoms with Crippen LogP contribution in [0.1, 0.15) is 18.1 Å². The van der Waals surface area contributed by atoms with Crippen LogP contribution in [0.2, 0.25) is 0 Å². The van der Waals surface area contributed by atoms with Crippen molar-refractivity contribution in [3.8, 4) is 17.3 Å². The highest BCUT2D eigenvalue weighted by atomic mass is 19.1. The zero-order chi connectivity index (χ0) is 25.3. The van der Waals surface area contributed by atoms with E-state index in [0.717, 1.165) is 5.56 Å². The first-order valence-corrected chi connectivity index (χ1v) is 11.7. The van der Waals surface area contributed by atoms with Crippen molar-refractivity contribution in [2.45, 2.75) is 13.5 Å². The maximum atomic E-state index is 15.2. The minimum absolute atomic E-state index is 0.181. The average molecular weight is 488 g/mol. The van der Waals surface area contributed by atoms with Crippen molar-refractivity contribution in [1.82, 2.24) is 14.8 Å². The zero-order valence-corrected chi connectivity index (χ0v) is 19.9. The maximum absolute atomic E-state index is 15.2. The SMILES string of the molecule is CCOCCOCCNc1ccc(-c2nn(Cc3ccc(C#N)cc3)c(=O)c3ccccc23)c(F)n1. The van der Waals surface area contributed by atoms with Gasteiger partial charge >= 0.3 is 0 Å². The van der Waals surface area contributed by atoms with E-state index in [1.165, 1.54) is 4.68 Å². The molecule has 36 heavy (non-hydrogen) atoms. The summed E-state index contributed by atoms with van der Waals surface area (Å²) in [7, 11) is 0. The molecule has 9 heteroatoms. The standard InChI is InChI=1S/C27H26FN5O3/c1-2-35-15-16-36-14-13-30-24-12-11-23(26(28)31-24)25-21-5-3-4-6-22(21)27(34)33(32-25)18-20-9-7-19(17-29)8-10-20/h3-12H,2,13-16,18H2,1H3,(H,30,31). The normalized spacial score (nSPS) is 10.9. The fraction of sp³-hybridized carbons (Fsp3) is 0.259. The number of rotatable bonds is 11. The number of nitrogens with one attached hydrogen (secondary N) is 1. The molecule has 0 spiro atoms. The molecule has 2 heterocycles. The molecule has 4 aromatic rings. The van der Waals surface area contributed by atoms with E-state index < -0.39 is 5.95 Å². The summed E-state index contributed by atoms with van der Waals surface area (Å²) in [5.41, 5.74) is 1.56. The van der Waals surface area contributed by atoms with E-state index in [4.69, 9.17) is 14.7 Å². The van der Waals surface area contributed by atoms with Crippen molar-refractivity contribution in [3.05, 3.63) is 88.1 Å². The molecule has 2 aromatic heterocycles. The highest BCUT2D eigenvalue weighted by Crippen LogP contribution is 2.27. The van der Waals surface area contributed by atoms with Gasteiger partial charge in [0, 0.05) is 18.5 Å². The van der Waals surface area contributed by atoms with Crippen LogP contribution in [0.3, 0.4) is 0 Å². The van der Waals surface area contributed by atoms with Gasteiger partial charge in [-0.05, 0) is 42.8 Å². The lowest BCUT2D eigenvalue weighted by atomic mass is 10.1. The third kappa shape index (κ3) is 5.92. The van der Waals surface area contributed by atoms with Crippen LogP contribution >= 0.6 is 0 Å². The lowest BCUT2D eigenvalue weighted by Crippen LogP contribution is -2.24. The molecule has 0 aliphatic heterocycles. The van der Waals surface area contributed by atoms with Gasteiger partial charge in [-0.2, -0.15) is 14.8 Å². The first-order valence-electron chi connectivity index (χ1n) is 11.7. The number of fused-ring (bicyclic) bond motifs is 1. The van der Waals surface area contributed by atoms with Crippen LogP contribution in [0.5, 0.6) is 0 Å². The molecule has 0 atom stereocenters. The minimum Gasteiger partial charge on any atom is -0.379 e. The minimum atomic E-state index is -0.696. The predicted octanol–water partition coefficient (Wildman–Crippen LogP) is 3.98. The van der Waals surface area contributed by atoms with E-state index in [1.54, 1.807) is 60.7 Å². The lowest BCUT2D eigenvalue weighted by molar-refractivity contribution is 0.0570. The summed E-state index contributed by atoms with van der Waals surface area (Å²) in [6, 6.07) is 19.2. The van der Waals surface area contributed by atoms with Gasteiger partial charge in [-0.1, -0.05) is 30.3 Å². The van der Waals surface area contributed by atoms with E-state index in [2.05, 4.69) is 21.5 Å². The Morgan fingerprint density at radius 1 is 1.00 bits per heavy atom. The highest BCUT2D eigenvalue weighted by Gasteiger charge is 2.17. The predicted molar refractivity (Wildman–Crippen MR) is 135 cm³/mol. The van der Waals surface area contributed by atoms with Crippen LogP contribution in [0.15, 0.2) is 65.5 Å². The summed E-state index contributed by atoms with van der Waals surface area (Å²) >= 11 is 0. The second-order valence-corrected chi connectivity index (χ2v) is 7.94. The summed E-state index contributed by atoms with van der Waals surface area (Å²) < 4.78 is 27.1. The van der Waals surface area contributed by atoms with Gasteiger partial charge in [0.1, 0.15) is 11.5 Å². The summed E-state index contributed by atoms with van der Waals surface area (Å²) in [5.74, 6) is -0.321. The van der Waals surface area contributed by atoms with Crippen LogP contribution in [0.25, 0.3) is 22.0 Å². The number of nitriles is 1. The van der Waals surface area contributed by atoms with Crippen molar-refractivity contribution in [1.29, 1.82) is 5.26 Å². The number of anilines is 1. The third-order valence-electron chi connectivity index (χ3n) is 5.52. The smallest absolute Gasteiger partial charge is 0.274 e. The number of halogens is 1. The van der Waals surface area contributed by atoms with Gasteiger partial charge in [-0.3, -0.25) is 4.79 Å². The topological polar surface area (TPSA) is 102 Å². The molecule has 8 nitrogen and oxygen atoms in total. The quantitative estimate of drug-likeness (QED) is 0.252. The van der Waals surface area contributed by atoms with E-state index in [9.17, 15) is 4.79 Å². The van der Waals surface area contributed by atoms with Crippen molar-refractivity contribution in [2.24, 2.45) is 0 Å². The first-order chi connectivity index (χ1) is 17.6. The van der Waals surface area contributed by atoms with Gasteiger partial charge in [0.05, 0.1) is 48.9 Å². The van der Waals surface area contributed by atoms with Crippen LogP contribution in [-0.4, -0.2) is 47.7 Å². The molecule has 0 saturated carbocycles. The monoisotopic (exact) mass is 487 g/mol. The molecule has 0 bridgehead atoms. The number of hydrogen-bond donors (Lipinski definition) is 1. The molecule has 0 fully saturated rings. The Morgan fingerprint density at radius 2 is 1.75 bits per heavy atom. The molecule has 0 aliphatic rings. The van der Waals surface area contributed by atoms with Crippen molar-refractivity contribution in [3.63, 3.8) is 0 Å². The molecule has 0 radical (unpaired) electrons. The molecular weight excluding hydrogens is 461 g/mol. The number of ether oxygens (including phenoxy) is 2. The Balaban J connectivity index is 1.58. The van der Waals surface area contributed by atoms with Crippen LogP contribution in [0, 0.1) is 17.3 Å². The summed E-state index contributed by atoms with van der Waals surface area (Å²) in [6.45, 7) is 4.68. The van der Waals surface area contributed by atoms with Gasteiger partial charge in [0.15, 0.2) is 0 Å². The van der Waals surface area contributed by atoms with Crippen LogP contribution in [-0.2, 0) is 16.0 Å². The Bertz CT molecular complexity index is 1430. The molecular formula is C27H26FN5O3. The Morgan fingerprint density at radius 3 is 2.47 bits per heavy atom. The summed E-state index contributed by atoms with van der Waals surface area (Å²) in [6.07, 6.45) is 0. The molecule has 0 unspecified atom stereocenters. The number of hydrogen-bond acceptors (Lipinski definition) is 7. The van der Waals surface area contributed by atoms with Crippen LogP contribution < -0.4 is 10.9 Å². The van der Waals surface area contributed by atoms with Gasteiger partial charge in [-0.25, -0.2) is 9.67 Å². The van der Waals surface area contributed by atoms with E-state index >= 15 is 4.39 Å². The number of pyridine rings is 1. The van der Waals surface area contributed by atoms with E-state index in [0.29, 0.717) is 60.8 Å². The molecule has 2 aromatic carbocycles. The van der Waals surface area contributed by atoms with E-state index in [-0.39, 0.29) is 17.7 Å².